The van der Waals surface area contributed by atoms with Gasteiger partial charge in [0.05, 0.1) is 24.8 Å². The molecule has 19 heavy (non-hydrogen) atoms. The van der Waals surface area contributed by atoms with Gasteiger partial charge in [0.25, 0.3) is 0 Å². The summed E-state index contributed by atoms with van der Waals surface area (Å²) in [5.41, 5.74) is 1.35. The van der Waals surface area contributed by atoms with Crippen molar-refractivity contribution < 1.29 is 14.3 Å². The number of anilines is 1. The van der Waals surface area contributed by atoms with E-state index in [1.54, 1.807) is 19.2 Å². The van der Waals surface area contributed by atoms with Crippen LogP contribution in [0.4, 0.5) is 5.82 Å². The summed E-state index contributed by atoms with van der Waals surface area (Å²) in [6.07, 6.45) is 0. The standard InChI is InChI=1S/C14H16N2O3/c1-18-8-7-15-13-6-4-10-9-11(14(17)19-2)3-5-12(10)16-13/h3-6,9H,7-8H2,1-2H3,(H,15,16). The van der Waals surface area contributed by atoms with Crippen LogP contribution in [0.25, 0.3) is 10.9 Å². The minimum Gasteiger partial charge on any atom is -0.465 e. The number of methoxy groups -OCH3 is 2. The second-order valence-electron chi connectivity index (χ2n) is 4.02. The van der Waals surface area contributed by atoms with Crippen molar-refractivity contribution >= 4 is 22.7 Å². The van der Waals surface area contributed by atoms with E-state index in [2.05, 4.69) is 15.0 Å². The first-order valence-corrected chi connectivity index (χ1v) is 5.96. The van der Waals surface area contributed by atoms with Crippen molar-refractivity contribution in [1.82, 2.24) is 4.98 Å². The highest BCUT2D eigenvalue weighted by molar-refractivity contribution is 5.94. The lowest BCUT2D eigenvalue weighted by Crippen LogP contribution is -2.08. The number of nitrogens with one attached hydrogen (secondary N) is 1. The van der Waals surface area contributed by atoms with Crippen molar-refractivity contribution in [1.29, 1.82) is 0 Å². The van der Waals surface area contributed by atoms with Gasteiger partial charge in [0, 0.05) is 19.0 Å². The molecule has 0 saturated carbocycles. The van der Waals surface area contributed by atoms with Gasteiger partial charge >= 0.3 is 5.97 Å². The van der Waals surface area contributed by atoms with Crippen LogP contribution in [0.15, 0.2) is 30.3 Å². The fourth-order valence-corrected chi connectivity index (χ4v) is 1.75. The Bertz CT molecular complexity index is 584. The van der Waals surface area contributed by atoms with Gasteiger partial charge < -0.3 is 14.8 Å². The van der Waals surface area contributed by atoms with E-state index in [0.29, 0.717) is 18.7 Å². The number of nitrogens with zero attached hydrogens (tertiary/aromatic N) is 1. The molecule has 0 spiro atoms. The molecule has 1 aromatic heterocycles. The third-order valence-electron chi connectivity index (χ3n) is 2.72. The Morgan fingerprint density at radius 3 is 2.84 bits per heavy atom. The Labute approximate surface area is 111 Å². The predicted molar refractivity (Wildman–Crippen MR) is 73.4 cm³/mol. The van der Waals surface area contributed by atoms with Gasteiger partial charge in [0.15, 0.2) is 0 Å². The predicted octanol–water partition coefficient (Wildman–Crippen LogP) is 2.08. The van der Waals surface area contributed by atoms with Gasteiger partial charge in [0.1, 0.15) is 5.82 Å². The number of carbonyl (C=O) groups excluding carboxylic acids is 1. The zero-order valence-electron chi connectivity index (χ0n) is 11.0. The molecular weight excluding hydrogens is 244 g/mol. The summed E-state index contributed by atoms with van der Waals surface area (Å²) in [6, 6.07) is 9.08. The number of ether oxygens (including phenoxy) is 2. The summed E-state index contributed by atoms with van der Waals surface area (Å²) in [6.45, 7) is 1.33. The van der Waals surface area contributed by atoms with Crippen molar-refractivity contribution in [2.45, 2.75) is 0 Å². The summed E-state index contributed by atoms with van der Waals surface area (Å²) >= 11 is 0. The van der Waals surface area contributed by atoms with E-state index in [0.717, 1.165) is 16.7 Å². The molecule has 0 unspecified atom stereocenters. The van der Waals surface area contributed by atoms with Crippen molar-refractivity contribution in [3.63, 3.8) is 0 Å². The topological polar surface area (TPSA) is 60.5 Å². The molecule has 2 rings (SSSR count). The highest BCUT2D eigenvalue weighted by Gasteiger charge is 2.06. The number of hydrogen-bond donors (Lipinski definition) is 1. The third kappa shape index (κ3) is 3.20. The average molecular weight is 260 g/mol. The molecule has 1 N–H and O–H groups in total. The van der Waals surface area contributed by atoms with Crippen molar-refractivity contribution in [2.24, 2.45) is 0 Å². The first-order chi connectivity index (χ1) is 9.24. The van der Waals surface area contributed by atoms with E-state index in [1.165, 1.54) is 7.11 Å². The summed E-state index contributed by atoms with van der Waals surface area (Å²) in [5.74, 6) is 0.444. The van der Waals surface area contributed by atoms with Crippen LogP contribution in [0.3, 0.4) is 0 Å². The number of rotatable bonds is 5. The molecular formula is C14H16N2O3. The molecule has 5 heteroatoms. The van der Waals surface area contributed by atoms with E-state index in [1.807, 2.05) is 18.2 Å². The first kappa shape index (κ1) is 13.3. The molecule has 0 atom stereocenters. The fraction of sp³-hybridized carbons (Fsp3) is 0.286. The van der Waals surface area contributed by atoms with Gasteiger partial charge in [0.2, 0.25) is 0 Å². The van der Waals surface area contributed by atoms with Crippen LogP contribution in [-0.2, 0) is 9.47 Å². The Balaban J connectivity index is 2.22. The molecule has 5 nitrogen and oxygen atoms in total. The maximum Gasteiger partial charge on any atom is 0.337 e. The van der Waals surface area contributed by atoms with Crippen molar-refractivity contribution in [2.75, 3.05) is 32.7 Å². The summed E-state index contributed by atoms with van der Waals surface area (Å²) < 4.78 is 9.65. The van der Waals surface area contributed by atoms with Gasteiger partial charge in [-0.15, -0.1) is 0 Å². The van der Waals surface area contributed by atoms with E-state index >= 15 is 0 Å². The van der Waals surface area contributed by atoms with Gasteiger partial charge in [-0.1, -0.05) is 0 Å². The molecule has 0 saturated heterocycles. The number of benzene rings is 1. The Hall–Kier alpha value is -2.14. The normalized spacial score (nSPS) is 10.4. The number of pyridine rings is 1. The highest BCUT2D eigenvalue weighted by atomic mass is 16.5. The lowest BCUT2D eigenvalue weighted by molar-refractivity contribution is 0.0601. The molecule has 0 aliphatic carbocycles. The molecule has 0 bridgehead atoms. The maximum atomic E-state index is 11.4. The van der Waals surface area contributed by atoms with E-state index in [-0.39, 0.29) is 5.97 Å². The zero-order valence-corrected chi connectivity index (χ0v) is 11.0. The largest absolute Gasteiger partial charge is 0.465 e. The van der Waals surface area contributed by atoms with E-state index in [9.17, 15) is 4.79 Å². The molecule has 0 radical (unpaired) electrons. The third-order valence-corrected chi connectivity index (χ3v) is 2.72. The van der Waals surface area contributed by atoms with Crippen LogP contribution in [0, 0.1) is 0 Å². The number of fused-ring (bicyclic) bond motifs is 1. The molecule has 1 aromatic carbocycles. The molecule has 100 valence electrons. The van der Waals surface area contributed by atoms with Crippen LogP contribution in [-0.4, -0.2) is 38.3 Å². The molecule has 0 fully saturated rings. The van der Waals surface area contributed by atoms with E-state index in [4.69, 9.17) is 4.74 Å². The highest BCUT2D eigenvalue weighted by Crippen LogP contribution is 2.17. The first-order valence-electron chi connectivity index (χ1n) is 5.96. The lowest BCUT2D eigenvalue weighted by Gasteiger charge is -2.06. The molecule has 0 amide bonds. The molecule has 1 heterocycles. The van der Waals surface area contributed by atoms with E-state index < -0.39 is 0 Å². The van der Waals surface area contributed by atoms with Crippen molar-refractivity contribution in [3.8, 4) is 0 Å². The summed E-state index contributed by atoms with van der Waals surface area (Å²) in [4.78, 5) is 15.9. The van der Waals surface area contributed by atoms with Gasteiger partial charge in [-0.2, -0.15) is 0 Å². The van der Waals surface area contributed by atoms with Crippen LogP contribution in [0.2, 0.25) is 0 Å². The smallest absolute Gasteiger partial charge is 0.337 e. The monoisotopic (exact) mass is 260 g/mol. The van der Waals surface area contributed by atoms with Crippen LogP contribution < -0.4 is 5.32 Å². The zero-order chi connectivity index (χ0) is 13.7. The number of esters is 1. The summed E-state index contributed by atoms with van der Waals surface area (Å²) in [5, 5.41) is 4.06. The van der Waals surface area contributed by atoms with Crippen LogP contribution >= 0.6 is 0 Å². The van der Waals surface area contributed by atoms with Gasteiger partial charge in [-0.05, 0) is 30.3 Å². The number of carbonyl (C=O) groups is 1. The Morgan fingerprint density at radius 1 is 1.26 bits per heavy atom. The Morgan fingerprint density at radius 2 is 2.11 bits per heavy atom. The van der Waals surface area contributed by atoms with Crippen LogP contribution in [0.5, 0.6) is 0 Å². The molecule has 0 aliphatic heterocycles. The minimum absolute atomic E-state index is 0.343. The number of hydrogen-bond acceptors (Lipinski definition) is 5. The number of aromatic nitrogens is 1. The average Bonchev–Trinajstić information content (AvgIpc) is 2.46. The molecule has 2 aromatic rings. The van der Waals surface area contributed by atoms with Gasteiger partial charge in [-0.25, -0.2) is 9.78 Å². The second-order valence-corrected chi connectivity index (χ2v) is 4.02. The quantitative estimate of drug-likeness (QED) is 0.659. The maximum absolute atomic E-state index is 11.4. The Kier molecular flexibility index (Phi) is 4.30. The van der Waals surface area contributed by atoms with Gasteiger partial charge in [-0.3, -0.25) is 0 Å². The lowest BCUT2D eigenvalue weighted by atomic mass is 10.1. The fourth-order valence-electron chi connectivity index (χ4n) is 1.75. The van der Waals surface area contributed by atoms with Crippen molar-refractivity contribution in [3.05, 3.63) is 35.9 Å². The molecule has 0 aliphatic rings. The SMILES string of the molecule is COCCNc1ccc2cc(C(=O)OC)ccc2n1. The minimum atomic E-state index is -0.343. The second kappa shape index (κ2) is 6.15. The summed E-state index contributed by atoms with van der Waals surface area (Å²) in [7, 11) is 3.03. The van der Waals surface area contributed by atoms with Crippen LogP contribution in [0.1, 0.15) is 10.4 Å².